The molecule has 0 saturated carbocycles. The van der Waals surface area contributed by atoms with Crippen molar-refractivity contribution in [3.05, 3.63) is 71.8 Å². The van der Waals surface area contributed by atoms with Gasteiger partial charge in [0.25, 0.3) is 0 Å². The fourth-order valence-corrected chi connectivity index (χ4v) is 5.19. The molecule has 4 unspecified atom stereocenters. The SMILES string of the molecule is NCC(O)C(O)C(O)C(N)C(SCc1ccccc1)SCc1ccccc1. The van der Waals surface area contributed by atoms with E-state index in [2.05, 4.69) is 0 Å². The molecule has 4 atom stereocenters. The van der Waals surface area contributed by atoms with Gasteiger partial charge in [0, 0.05) is 18.1 Å². The fourth-order valence-electron chi connectivity index (χ4n) is 2.53. The molecular weight excluding hydrogens is 380 g/mol. The molecule has 0 spiro atoms. The summed E-state index contributed by atoms with van der Waals surface area (Å²) < 4.78 is -0.167. The van der Waals surface area contributed by atoms with Gasteiger partial charge in [0.05, 0.1) is 22.8 Å². The molecule has 0 radical (unpaired) electrons. The summed E-state index contributed by atoms with van der Waals surface area (Å²) in [6, 6.07) is 19.3. The summed E-state index contributed by atoms with van der Waals surface area (Å²) in [5.41, 5.74) is 14.0. The van der Waals surface area contributed by atoms with Gasteiger partial charge in [-0.05, 0) is 11.1 Å². The maximum Gasteiger partial charge on any atom is 0.109 e. The number of nitrogens with two attached hydrogens (primary N) is 2. The monoisotopic (exact) mass is 408 g/mol. The lowest BCUT2D eigenvalue weighted by atomic mass is 10.0. The van der Waals surface area contributed by atoms with Crippen molar-refractivity contribution in [3.8, 4) is 0 Å². The van der Waals surface area contributed by atoms with Crippen molar-refractivity contribution in [2.75, 3.05) is 6.54 Å². The molecule has 2 aromatic rings. The molecule has 7 heteroatoms. The van der Waals surface area contributed by atoms with Crippen LogP contribution < -0.4 is 11.5 Å². The van der Waals surface area contributed by atoms with Crippen molar-refractivity contribution in [2.45, 2.75) is 40.4 Å². The highest BCUT2D eigenvalue weighted by Crippen LogP contribution is 2.33. The number of aliphatic hydroxyl groups excluding tert-OH is 3. The average Bonchev–Trinajstić information content (AvgIpc) is 2.73. The maximum atomic E-state index is 10.4. The van der Waals surface area contributed by atoms with E-state index in [9.17, 15) is 15.3 Å². The lowest BCUT2D eigenvalue weighted by molar-refractivity contribution is -0.0620. The molecule has 0 saturated heterocycles. The molecule has 0 amide bonds. The molecule has 148 valence electrons. The molecule has 0 bridgehead atoms. The molecule has 0 aliphatic heterocycles. The van der Waals surface area contributed by atoms with Crippen LogP contribution in [0.25, 0.3) is 0 Å². The highest BCUT2D eigenvalue weighted by molar-refractivity contribution is 8.16. The Balaban J connectivity index is 2.04. The van der Waals surface area contributed by atoms with Gasteiger partial charge in [-0.2, -0.15) is 0 Å². The molecule has 0 fully saturated rings. The second-order valence-electron chi connectivity index (χ2n) is 6.32. The molecule has 2 rings (SSSR count). The Morgan fingerprint density at radius 3 is 1.59 bits per heavy atom. The molecule has 27 heavy (non-hydrogen) atoms. The van der Waals surface area contributed by atoms with Gasteiger partial charge in [-0.15, -0.1) is 23.5 Å². The van der Waals surface area contributed by atoms with Gasteiger partial charge in [-0.1, -0.05) is 60.7 Å². The van der Waals surface area contributed by atoms with E-state index in [-0.39, 0.29) is 11.1 Å². The summed E-state index contributed by atoms with van der Waals surface area (Å²) in [5, 5.41) is 30.3. The zero-order valence-corrected chi connectivity index (χ0v) is 16.7. The summed E-state index contributed by atoms with van der Waals surface area (Å²) >= 11 is 3.24. The third-order valence-corrected chi connectivity index (χ3v) is 7.31. The molecule has 7 N–H and O–H groups in total. The largest absolute Gasteiger partial charge is 0.389 e. The zero-order valence-electron chi connectivity index (χ0n) is 15.1. The van der Waals surface area contributed by atoms with Crippen LogP contribution in [0.2, 0.25) is 0 Å². The van der Waals surface area contributed by atoms with E-state index in [1.165, 1.54) is 0 Å². The second-order valence-corrected chi connectivity index (χ2v) is 8.88. The number of thioether (sulfide) groups is 2. The van der Waals surface area contributed by atoms with Gasteiger partial charge >= 0.3 is 0 Å². The topological polar surface area (TPSA) is 113 Å². The number of rotatable bonds is 11. The first-order valence-corrected chi connectivity index (χ1v) is 10.9. The standard InChI is InChI=1S/C20H28N2O3S2/c21-11-16(23)18(24)19(25)17(22)20(26-12-14-7-3-1-4-8-14)27-13-15-9-5-2-6-10-15/h1-10,16-20,23-25H,11-13,21-22H2. The first-order valence-electron chi connectivity index (χ1n) is 8.83. The maximum absolute atomic E-state index is 10.4. The minimum absolute atomic E-state index is 0.135. The van der Waals surface area contributed by atoms with Crippen molar-refractivity contribution in [1.29, 1.82) is 0 Å². The van der Waals surface area contributed by atoms with Crippen LogP contribution in [0.5, 0.6) is 0 Å². The fraction of sp³-hybridized carbons (Fsp3) is 0.400. The van der Waals surface area contributed by atoms with E-state index in [1.807, 2.05) is 60.7 Å². The summed E-state index contributed by atoms with van der Waals surface area (Å²) in [6.45, 7) is -0.135. The number of aliphatic hydroxyl groups is 3. The predicted octanol–water partition coefficient (Wildman–Crippen LogP) is 1.55. The Bertz CT molecular complexity index is 605. The van der Waals surface area contributed by atoms with Crippen LogP contribution in [-0.4, -0.2) is 50.8 Å². The van der Waals surface area contributed by atoms with Crippen molar-refractivity contribution in [2.24, 2.45) is 11.5 Å². The molecule has 0 aliphatic rings. The highest BCUT2D eigenvalue weighted by atomic mass is 32.2. The Kier molecular flexibility index (Phi) is 9.64. The molecule has 0 aromatic heterocycles. The Morgan fingerprint density at radius 1 is 0.741 bits per heavy atom. The quantitative estimate of drug-likeness (QED) is 0.359. The van der Waals surface area contributed by atoms with Crippen molar-refractivity contribution in [1.82, 2.24) is 0 Å². The lowest BCUT2D eigenvalue weighted by Gasteiger charge is -2.31. The van der Waals surface area contributed by atoms with E-state index in [0.29, 0.717) is 0 Å². The summed E-state index contributed by atoms with van der Waals surface area (Å²) in [7, 11) is 0. The van der Waals surface area contributed by atoms with Crippen LogP contribution in [0.4, 0.5) is 0 Å². The molecular formula is C20H28N2O3S2. The minimum atomic E-state index is -1.37. The minimum Gasteiger partial charge on any atom is -0.389 e. The van der Waals surface area contributed by atoms with Gasteiger partial charge in [0.1, 0.15) is 6.10 Å². The van der Waals surface area contributed by atoms with Crippen LogP contribution in [0.1, 0.15) is 11.1 Å². The normalized spacial score (nSPS) is 16.1. The second kappa shape index (κ2) is 11.7. The number of hydrogen-bond donors (Lipinski definition) is 5. The van der Waals surface area contributed by atoms with Gasteiger partial charge in [-0.3, -0.25) is 0 Å². The Morgan fingerprint density at radius 2 is 1.19 bits per heavy atom. The summed E-state index contributed by atoms with van der Waals surface area (Å²) in [6.07, 6.45) is -3.84. The van der Waals surface area contributed by atoms with E-state index >= 15 is 0 Å². The average molecular weight is 409 g/mol. The van der Waals surface area contributed by atoms with Gasteiger partial charge in [0.15, 0.2) is 0 Å². The van der Waals surface area contributed by atoms with Crippen LogP contribution in [-0.2, 0) is 11.5 Å². The molecule has 2 aromatic carbocycles. The molecule has 5 nitrogen and oxygen atoms in total. The van der Waals surface area contributed by atoms with E-state index in [1.54, 1.807) is 23.5 Å². The van der Waals surface area contributed by atoms with E-state index in [4.69, 9.17) is 11.5 Å². The third kappa shape index (κ3) is 7.12. The predicted molar refractivity (Wildman–Crippen MR) is 114 cm³/mol. The summed E-state index contributed by atoms with van der Waals surface area (Å²) in [4.78, 5) is 0. The van der Waals surface area contributed by atoms with Crippen LogP contribution in [0.3, 0.4) is 0 Å². The van der Waals surface area contributed by atoms with Gasteiger partial charge in [-0.25, -0.2) is 0 Å². The Hall–Kier alpha value is -1.06. The van der Waals surface area contributed by atoms with E-state index < -0.39 is 24.4 Å². The lowest BCUT2D eigenvalue weighted by Crippen LogP contribution is -2.53. The Labute approximate surface area is 169 Å². The highest BCUT2D eigenvalue weighted by Gasteiger charge is 2.33. The zero-order chi connectivity index (χ0) is 19.6. The van der Waals surface area contributed by atoms with Crippen LogP contribution in [0, 0.1) is 0 Å². The van der Waals surface area contributed by atoms with Crippen LogP contribution in [0.15, 0.2) is 60.7 Å². The van der Waals surface area contributed by atoms with Crippen molar-refractivity contribution >= 4 is 23.5 Å². The van der Waals surface area contributed by atoms with Crippen LogP contribution >= 0.6 is 23.5 Å². The first-order chi connectivity index (χ1) is 13.0. The first kappa shape index (κ1) is 22.2. The molecule has 0 aliphatic carbocycles. The number of benzene rings is 2. The van der Waals surface area contributed by atoms with Gasteiger partial charge < -0.3 is 26.8 Å². The van der Waals surface area contributed by atoms with E-state index in [0.717, 1.165) is 22.6 Å². The summed E-state index contributed by atoms with van der Waals surface area (Å²) in [5.74, 6) is 1.48. The van der Waals surface area contributed by atoms with Gasteiger partial charge in [0.2, 0.25) is 0 Å². The van der Waals surface area contributed by atoms with Crippen molar-refractivity contribution < 1.29 is 15.3 Å². The smallest absolute Gasteiger partial charge is 0.109 e. The third-order valence-electron chi connectivity index (χ3n) is 4.21. The molecule has 0 heterocycles. The van der Waals surface area contributed by atoms with Crippen molar-refractivity contribution in [3.63, 3.8) is 0 Å². The number of hydrogen-bond acceptors (Lipinski definition) is 7.